The van der Waals surface area contributed by atoms with Gasteiger partial charge in [-0.25, -0.2) is 0 Å². The third-order valence-electron chi connectivity index (χ3n) is 5.81. The molecule has 3 amide bonds. The van der Waals surface area contributed by atoms with Crippen molar-refractivity contribution in [1.29, 1.82) is 0 Å². The van der Waals surface area contributed by atoms with E-state index in [0.29, 0.717) is 54.4 Å². The minimum absolute atomic E-state index is 0.109. The highest BCUT2D eigenvalue weighted by molar-refractivity contribution is 6.31. The molecule has 2 heterocycles. The number of halogens is 1. The van der Waals surface area contributed by atoms with E-state index >= 15 is 0 Å². The lowest BCUT2D eigenvalue weighted by Gasteiger charge is -2.24. The molecule has 0 radical (unpaired) electrons. The van der Waals surface area contributed by atoms with Crippen molar-refractivity contribution in [3.8, 4) is 5.75 Å². The van der Waals surface area contributed by atoms with Crippen LogP contribution in [0.2, 0.25) is 5.02 Å². The van der Waals surface area contributed by atoms with Crippen LogP contribution in [0.4, 0.5) is 0 Å². The quantitative estimate of drug-likeness (QED) is 0.502. The smallest absolute Gasteiger partial charge is 0.272 e. The minimum atomic E-state index is -0.402. The number of carbonyl (C=O) groups is 3. The summed E-state index contributed by atoms with van der Waals surface area (Å²) in [6.45, 7) is 0.766. The van der Waals surface area contributed by atoms with Gasteiger partial charge in [-0.2, -0.15) is 5.10 Å². The number of H-pyrrole nitrogens is 1. The first-order valence-electron chi connectivity index (χ1n) is 11.8. The molecule has 9 nitrogen and oxygen atoms in total. The van der Waals surface area contributed by atoms with E-state index in [1.54, 1.807) is 24.3 Å². The molecule has 188 valence electrons. The summed E-state index contributed by atoms with van der Waals surface area (Å²) in [4.78, 5) is 40.4. The molecule has 4 rings (SSSR count). The van der Waals surface area contributed by atoms with Crippen LogP contribution in [-0.4, -0.2) is 65.1 Å². The molecule has 0 fully saturated rings. The number of benzene rings is 2. The molecule has 3 aromatic rings. The zero-order valence-corrected chi connectivity index (χ0v) is 20.5. The number of rotatable bonds is 3. The number of fused-ring (bicyclic) bond motifs is 1. The van der Waals surface area contributed by atoms with Gasteiger partial charge >= 0.3 is 0 Å². The van der Waals surface area contributed by atoms with Gasteiger partial charge < -0.3 is 20.3 Å². The van der Waals surface area contributed by atoms with Crippen LogP contribution in [0.15, 0.2) is 60.8 Å². The Balaban J connectivity index is 1.57. The summed E-state index contributed by atoms with van der Waals surface area (Å²) in [5.74, 6) is -0.520. The van der Waals surface area contributed by atoms with Crippen molar-refractivity contribution >= 4 is 29.3 Å². The Hall–Kier alpha value is -3.85. The fraction of sp³-hybridized carbons (Fsp3) is 0.308. The first-order valence-corrected chi connectivity index (χ1v) is 12.2. The van der Waals surface area contributed by atoms with Gasteiger partial charge in [0.25, 0.3) is 11.8 Å². The summed E-state index contributed by atoms with van der Waals surface area (Å²) in [6, 6.07) is 15.8. The molecule has 2 aromatic carbocycles. The number of nitrogens with one attached hydrogen (secondary N) is 3. The maximum Gasteiger partial charge on any atom is 0.272 e. The number of hydrogen-bond donors (Lipinski definition) is 3. The second-order valence-corrected chi connectivity index (χ2v) is 9.00. The minimum Gasteiger partial charge on any atom is -0.491 e. The van der Waals surface area contributed by atoms with E-state index < -0.39 is 6.04 Å². The van der Waals surface area contributed by atoms with Gasteiger partial charge in [0.2, 0.25) is 5.91 Å². The van der Waals surface area contributed by atoms with Crippen LogP contribution < -0.4 is 15.4 Å². The van der Waals surface area contributed by atoms with E-state index in [1.807, 2.05) is 30.3 Å². The highest BCUT2D eigenvalue weighted by atomic mass is 35.5. The molecule has 1 aromatic heterocycles. The predicted octanol–water partition coefficient (Wildman–Crippen LogP) is 2.84. The number of hydrogen-bond acceptors (Lipinski definition) is 5. The van der Waals surface area contributed by atoms with Crippen LogP contribution in [0, 0.1) is 0 Å². The maximum absolute atomic E-state index is 13.1. The van der Waals surface area contributed by atoms with Crippen molar-refractivity contribution in [3.63, 3.8) is 0 Å². The molecule has 36 heavy (non-hydrogen) atoms. The highest BCUT2D eigenvalue weighted by Gasteiger charge is 2.23. The fourth-order valence-corrected chi connectivity index (χ4v) is 4.19. The fourth-order valence-electron chi connectivity index (χ4n) is 4.02. The highest BCUT2D eigenvalue weighted by Crippen LogP contribution is 2.23. The molecule has 0 bridgehead atoms. The van der Waals surface area contributed by atoms with Crippen molar-refractivity contribution < 1.29 is 19.1 Å². The molecule has 3 N–H and O–H groups in total. The van der Waals surface area contributed by atoms with Gasteiger partial charge in [0.1, 0.15) is 18.1 Å². The van der Waals surface area contributed by atoms with Crippen LogP contribution >= 0.6 is 11.6 Å². The Bertz CT molecular complexity index is 1190. The number of ether oxygens (including phenoxy) is 1. The lowest BCUT2D eigenvalue weighted by atomic mass is 10.1. The lowest BCUT2D eigenvalue weighted by molar-refractivity contribution is -0.122. The Morgan fingerprint density at radius 2 is 1.94 bits per heavy atom. The SMILES string of the molecule is O=C1CN(C(=O)c2ccn[nH]2)CCCCNC(=O)c2cc(Cl)ccc2OC[C@H](Cc2ccccc2)N1. The van der Waals surface area contributed by atoms with Crippen molar-refractivity contribution in [2.24, 2.45) is 0 Å². The Morgan fingerprint density at radius 3 is 2.72 bits per heavy atom. The van der Waals surface area contributed by atoms with Gasteiger partial charge in [-0.1, -0.05) is 41.9 Å². The Kier molecular flexibility index (Phi) is 8.57. The van der Waals surface area contributed by atoms with Gasteiger partial charge in [0, 0.05) is 24.3 Å². The average Bonchev–Trinajstić information content (AvgIpc) is 3.41. The lowest BCUT2D eigenvalue weighted by Crippen LogP contribution is -2.47. The molecule has 10 heteroatoms. The Labute approximate surface area is 214 Å². The number of carbonyl (C=O) groups excluding carboxylic acids is 3. The standard InChI is InChI=1S/C26H28ClN5O4/c27-19-8-9-23-21(15-19)25(34)28-11-4-5-13-32(26(35)22-10-12-29-31-22)16-24(33)30-20(17-36-23)14-18-6-2-1-3-7-18/h1-3,6-10,12,15,20H,4-5,11,13-14,16-17H2,(H,28,34)(H,29,31)(H,30,33)/t20-/m0/s1. The molecular weight excluding hydrogens is 482 g/mol. The van der Waals surface area contributed by atoms with Crippen LogP contribution in [0.25, 0.3) is 0 Å². The summed E-state index contributed by atoms with van der Waals surface area (Å²) >= 11 is 6.14. The molecule has 0 unspecified atom stereocenters. The number of nitrogens with zero attached hydrogens (tertiary/aromatic N) is 2. The number of aromatic nitrogens is 2. The van der Waals surface area contributed by atoms with Crippen LogP contribution in [0.3, 0.4) is 0 Å². The van der Waals surface area contributed by atoms with E-state index in [0.717, 1.165) is 5.56 Å². The van der Waals surface area contributed by atoms with E-state index in [-0.39, 0.29) is 30.9 Å². The topological polar surface area (TPSA) is 116 Å². The van der Waals surface area contributed by atoms with E-state index in [2.05, 4.69) is 20.8 Å². The molecule has 1 aliphatic rings. The van der Waals surface area contributed by atoms with E-state index in [1.165, 1.54) is 11.1 Å². The second kappa shape index (κ2) is 12.2. The normalized spacial score (nSPS) is 17.6. The first-order chi connectivity index (χ1) is 17.5. The zero-order chi connectivity index (χ0) is 25.3. The van der Waals surface area contributed by atoms with Gasteiger partial charge in [0.15, 0.2) is 0 Å². The number of aromatic amines is 1. The van der Waals surface area contributed by atoms with Crippen molar-refractivity contribution in [1.82, 2.24) is 25.7 Å². The van der Waals surface area contributed by atoms with Gasteiger partial charge in [0.05, 0.1) is 18.2 Å². The summed E-state index contributed by atoms with van der Waals surface area (Å²) in [6.07, 6.45) is 3.22. The van der Waals surface area contributed by atoms with Gasteiger partial charge in [-0.3, -0.25) is 19.5 Å². The summed E-state index contributed by atoms with van der Waals surface area (Å²) in [7, 11) is 0. The van der Waals surface area contributed by atoms with Gasteiger partial charge in [-0.05, 0) is 49.1 Å². The van der Waals surface area contributed by atoms with Crippen molar-refractivity contribution in [3.05, 3.63) is 82.6 Å². The molecule has 0 aliphatic carbocycles. The third kappa shape index (κ3) is 6.85. The maximum atomic E-state index is 13.1. The first kappa shape index (κ1) is 25.2. The molecule has 0 spiro atoms. The molecule has 0 saturated carbocycles. The number of amides is 3. The van der Waals surface area contributed by atoms with Crippen LogP contribution in [-0.2, 0) is 11.2 Å². The largest absolute Gasteiger partial charge is 0.491 e. The van der Waals surface area contributed by atoms with Crippen LogP contribution in [0.1, 0.15) is 39.3 Å². The summed E-state index contributed by atoms with van der Waals surface area (Å²) in [5.41, 5.74) is 1.66. The third-order valence-corrected chi connectivity index (χ3v) is 6.04. The summed E-state index contributed by atoms with van der Waals surface area (Å²) < 4.78 is 6.03. The zero-order valence-electron chi connectivity index (χ0n) is 19.7. The molecular formula is C26H28ClN5O4. The molecule has 1 atom stereocenters. The average molecular weight is 510 g/mol. The van der Waals surface area contributed by atoms with Crippen LogP contribution in [0.5, 0.6) is 5.75 Å². The molecule has 0 saturated heterocycles. The monoisotopic (exact) mass is 509 g/mol. The van der Waals surface area contributed by atoms with Crippen molar-refractivity contribution in [2.45, 2.75) is 25.3 Å². The predicted molar refractivity (Wildman–Crippen MR) is 135 cm³/mol. The van der Waals surface area contributed by atoms with E-state index in [4.69, 9.17) is 16.3 Å². The second-order valence-electron chi connectivity index (χ2n) is 8.57. The van der Waals surface area contributed by atoms with Gasteiger partial charge in [-0.15, -0.1) is 0 Å². The van der Waals surface area contributed by atoms with Crippen molar-refractivity contribution in [2.75, 3.05) is 26.2 Å². The summed E-state index contributed by atoms with van der Waals surface area (Å²) in [5, 5.41) is 12.8. The van der Waals surface area contributed by atoms with E-state index in [9.17, 15) is 14.4 Å². The Morgan fingerprint density at radius 1 is 1.11 bits per heavy atom. The molecule has 1 aliphatic heterocycles.